The molecule has 0 saturated carbocycles. The van der Waals surface area contributed by atoms with Gasteiger partial charge in [-0.05, 0) is 13.0 Å². The molecule has 18 heavy (non-hydrogen) atoms. The molecule has 102 valence electrons. The first-order valence-corrected chi connectivity index (χ1v) is 5.14. The second kappa shape index (κ2) is 5.53. The van der Waals surface area contributed by atoms with Crippen molar-refractivity contribution in [2.45, 2.75) is 25.2 Å². The van der Waals surface area contributed by atoms with Crippen LogP contribution in [0.3, 0.4) is 0 Å². The number of hydrogen-bond donors (Lipinski definition) is 2. The van der Waals surface area contributed by atoms with Crippen LogP contribution in [0.4, 0.5) is 17.6 Å². The first-order valence-electron chi connectivity index (χ1n) is 5.14. The molecule has 0 fully saturated rings. The molecule has 0 aliphatic rings. The van der Waals surface area contributed by atoms with Crippen molar-refractivity contribution >= 4 is 0 Å². The van der Waals surface area contributed by atoms with Crippen molar-refractivity contribution in [3.8, 4) is 5.75 Å². The predicted molar refractivity (Wildman–Crippen MR) is 56.6 cm³/mol. The largest absolute Gasteiger partial charge is 0.490 e. The highest BCUT2D eigenvalue weighted by Gasteiger charge is 2.38. The smallest absolute Gasteiger partial charge is 0.417 e. The summed E-state index contributed by atoms with van der Waals surface area (Å²) in [7, 11) is 0. The molecule has 3 nitrogen and oxygen atoms in total. The SMILES string of the molecule is C[C@H](N)c1ccc(F)cc1OCC(O)C(F)(F)F. The van der Waals surface area contributed by atoms with Gasteiger partial charge in [0.1, 0.15) is 18.2 Å². The van der Waals surface area contributed by atoms with E-state index < -0.39 is 30.7 Å². The average molecular weight is 267 g/mol. The normalized spacial score (nSPS) is 15.3. The zero-order valence-electron chi connectivity index (χ0n) is 9.54. The van der Waals surface area contributed by atoms with Crippen molar-refractivity contribution in [2.75, 3.05) is 6.61 Å². The highest BCUT2D eigenvalue weighted by molar-refractivity contribution is 5.36. The zero-order chi connectivity index (χ0) is 13.9. The van der Waals surface area contributed by atoms with E-state index in [1.54, 1.807) is 6.92 Å². The number of hydrogen-bond acceptors (Lipinski definition) is 3. The van der Waals surface area contributed by atoms with E-state index >= 15 is 0 Å². The number of alkyl halides is 3. The van der Waals surface area contributed by atoms with Crippen LogP contribution in [0, 0.1) is 5.82 Å². The van der Waals surface area contributed by atoms with Gasteiger partial charge in [-0.2, -0.15) is 13.2 Å². The summed E-state index contributed by atoms with van der Waals surface area (Å²) in [5, 5.41) is 8.77. The molecule has 0 bridgehead atoms. The van der Waals surface area contributed by atoms with Crippen LogP contribution in [0.15, 0.2) is 18.2 Å². The van der Waals surface area contributed by atoms with Crippen molar-refractivity contribution in [1.82, 2.24) is 0 Å². The first-order chi connectivity index (χ1) is 8.21. The molecule has 1 rings (SSSR count). The van der Waals surface area contributed by atoms with Gasteiger partial charge in [-0.1, -0.05) is 6.07 Å². The molecule has 0 radical (unpaired) electrons. The average Bonchev–Trinajstić information content (AvgIpc) is 2.24. The zero-order valence-corrected chi connectivity index (χ0v) is 9.54. The maximum Gasteiger partial charge on any atom is 0.417 e. The van der Waals surface area contributed by atoms with E-state index in [9.17, 15) is 17.6 Å². The fourth-order valence-corrected chi connectivity index (χ4v) is 1.27. The molecule has 1 aromatic rings. The Kier molecular flexibility index (Phi) is 4.53. The van der Waals surface area contributed by atoms with E-state index in [1.807, 2.05) is 0 Å². The Bertz CT molecular complexity index is 407. The lowest BCUT2D eigenvalue weighted by molar-refractivity contribution is -0.210. The van der Waals surface area contributed by atoms with Crippen LogP contribution in [-0.4, -0.2) is 24.0 Å². The standard InChI is InChI=1S/C11H13F4NO2/c1-6(16)8-3-2-7(12)4-9(8)18-5-10(17)11(13,14)15/h2-4,6,10,17H,5,16H2,1H3/t6-,10?/m0/s1. The third-order valence-corrected chi connectivity index (χ3v) is 2.24. The van der Waals surface area contributed by atoms with Crippen LogP contribution in [0.5, 0.6) is 5.75 Å². The van der Waals surface area contributed by atoms with Crippen molar-refractivity contribution in [2.24, 2.45) is 5.73 Å². The van der Waals surface area contributed by atoms with E-state index in [4.69, 9.17) is 15.6 Å². The maximum atomic E-state index is 13.0. The molecule has 2 atom stereocenters. The minimum absolute atomic E-state index is 0.103. The van der Waals surface area contributed by atoms with Crippen LogP contribution < -0.4 is 10.5 Å². The molecule has 7 heteroatoms. The topological polar surface area (TPSA) is 55.5 Å². The molecular formula is C11H13F4NO2. The summed E-state index contributed by atoms with van der Waals surface area (Å²) in [5.74, 6) is -0.760. The summed E-state index contributed by atoms with van der Waals surface area (Å²) in [6.45, 7) is 0.576. The van der Waals surface area contributed by atoms with E-state index in [-0.39, 0.29) is 5.75 Å². The Labute approximate surface area is 101 Å². The lowest BCUT2D eigenvalue weighted by Crippen LogP contribution is -2.34. The van der Waals surface area contributed by atoms with Crippen LogP contribution in [0.1, 0.15) is 18.5 Å². The summed E-state index contributed by atoms with van der Waals surface area (Å²) in [6, 6.07) is 2.87. The molecule has 1 aromatic carbocycles. The van der Waals surface area contributed by atoms with Crippen LogP contribution in [0.2, 0.25) is 0 Å². The van der Waals surface area contributed by atoms with Crippen LogP contribution in [0.25, 0.3) is 0 Å². The van der Waals surface area contributed by atoms with Crippen molar-refractivity contribution in [1.29, 1.82) is 0 Å². The Morgan fingerprint density at radius 1 is 1.39 bits per heavy atom. The fraction of sp³-hybridized carbons (Fsp3) is 0.455. The van der Waals surface area contributed by atoms with Gasteiger partial charge in [0.05, 0.1) is 0 Å². The summed E-state index contributed by atoms with van der Waals surface area (Å²) in [4.78, 5) is 0. The summed E-state index contributed by atoms with van der Waals surface area (Å²) in [6.07, 6.45) is -7.40. The van der Waals surface area contributed by atoms with E-state index in [0.717, 1.165) is 12.1 Å². The maximum absolute atomic E-state index is 13.0. The Balaban J connectivity index is 2.81. The van der Waals surface area contributed by atoms with Gasteiger partial charge in [0, 0.05) is 17.7 Å². The summed E-state index contributed by atoms with van der Waals surface area (Å²) in [5.41, 5.74) is 5.94. The number of aliphatic hydroxyl groups excluding tert-OH is 1. The minimum atomic E-state index is -4.78. The molecule has 0 aromatic heterocycles. The fourth-order valence-electron chi connectivity index (χ4n) is 1.27. The van der Waals surface area contributed by atoms with Gasteiger partial charge in [0.25, 0.3) is 0 Å². The molecule has 0 saturated heterocycles. The Morgan fingerprint density at radius 2 is 2.00 bits per heavy atom. The van der Waals surface area contributed by atoms with Crippen molar-refractivity contribution in [3.05, 3.63) is 29.6 Å². The quantitative estimate of drug-likeness (QED) is 0.822. The molecule has 0 aliphatic heterocycles. The number of benzene rings is 1. The van der Waals surface area contributed by atoms with Crippen molar-refractivity contribution in [3.63, 3.8) is 0 Å². The minimum Gasteiger partial charge on any atom is -0.490 e. The number of rotatable bonds is 4. The second-order valence-corrected chi connectivity index (χ2v) is 3.84. The summed E-state index contributed by atoms with van der Waals surface area (Å²) < 4.78 is 53.9. The number of nitrogens with two attached hydrogens (primary N) is 1. The number of halogens is 4. The van der Waals surface area contributed by atoms with E-state index in [0.29, 0.717) is 5.56 Å². The number of ether oxygens (including phenoxy) is 1. The van der Waals surface area contributed by atoms with Gasteiger partial charge < -0.3 is 15.6 Å². The lowest BCUT2D eigenvalue weighted by Gasteiger charge is -2.18. The first kappa shape index (κ1) is 14.7. The van der Waals surface area contributed by atoms with Gasteiger partial charge in [0.2, 0.25) is 0 Å². The van der Waals surface area contributed by atoms with E-state index in [1.165, 1.54) is 6.07 Å². The summed E-state index contributed by atoms with van der Waals surface area (Å²) >= 11 is 0. The highest BCUT2D eigenvalue weighted by atomic mass is 19.4. The van der Waals surface area contributed by atoms with Gasteiger partial charge in [0.15, 0.2) is 6.10 Å². The van der Waals surface area contributed by atoms with Crippen LogP contribution >= 0.6 is 0 Å². The van der Waals surface area contributed by atoms with E-state index in [2.05, 4.69) is 0 Å². The number of aliphatic hydroxyl groups is 1. The van der Waals surface area contributed by atoms with Gasteiger partial charge in [-0.3, -0.25) is 0 Å². The van der Waals surface area contributed by atoms with Crippen LogP contribution in [-0.2, 0) is 0 Å². The molecule has 0 amide bonds. The Hall–Kier alpha value is -1.34. The second-order valence-electron chi connectivity index (χ2n) is 3.84. The molecule has 0 spiro atoms. The van der Waals surface area contributed by atoms with Gasteiger partial charge in [-0.25, -0.2) is 4.39 Å². The monoisotopic (exact) mass is 267 g/mol. The molecule has 0 heterocycles. The van der Waals surface area contributed by atoms with Gasteiger partial charge >= 0.3 is 6.18 Å². The third kappa shape index (κ3) is 3.85. The molecular weight excluding hydrogens is 254 g/mol. The molecule has 3 N–H and O–H groups in total. The van der Waals surface area contributed by atoms with Gasteiger partial charge in [-0.15, -0.1) is 0 Å². The third-order valence-electron chi connectivity index (χ3n) is 2.24. The molecule has 0 aliphatic carbocycles. The van der Waals surface area contributed by atoms with Crippen molar-refractivity contribution < 1.29 is 27.4 Å². The lowest BCUT2D eigenvalue weighted by atomic mass is 10.1. The Morgan fingerprint density at radius 3 is 2.50 bits per heavy atom. The predicted octanol–water partition coefficient (Wildman–Crippen LogP) is 2.15. The highest BCUT2D eigenvalue weighted by Crippen LogP contribution is 2.26. The molecule has 1 unspecified atom stereocenters.